The standard InChI is InChI=1S/C17H24N2O2/c1-12-5-3-4-6-16(12)19-17(21)11-14-7-9-15(10-8-14)18-13(2)20/h7-10,12,16H,3-6,11H2,1-2H3,(H,18,20)(H,19,21)/t12-,16-/m0/s1. The third-order valence-corrected chi connectivity index (χ3v) is 4.10. The summed E-state index contributed by atoms with van der Waals surface area (Å²) < 4.78 is 0. The van der Waals surface area contributed by atoms with E-state index in [1.54, 1.807) is 0 Å². The first-order chi connectivity index (χ1) is 10.0. The van der Waals surface area contributed by atoms with Crippen LogP contribution in [0.15, 0.2) is 24.3 Å². The zero-order chi connectivity index (χ0) is 15.2. The smallest absolute Gasteiger partial charge is 0.224 e. The lowest BCUT2D eigenvalue weighted by Crippen LogP contribution is -2.41. The maximum Gasteiger partial charge on any atom is 0.224 e. The van der Waals surface area contributed by atoms with Gasteiger partial charge >= 0.3 is 0 Å². The van der Waals surface area contributed by atoms with E-state index in [4.69, 9.17) is 0 Å². The van der Waals surface area contributed by atoms with Crippen molar-refractivity contribution in [1.82, 2.24) is 5.32 Å². The Hall–Kier alpha value is -1.84. The van der Waals surface area contributed by atoms with Gasteiger partial charge in [-0.05, 0) is 36.5 Å². The maximum absolute atomic E-state index is 12.1. The fraction of sp³-hybridized carbons (Fsp3) is 0.529. The molecule has 0 saturated heterocycles. The van der Waals surface area contributed by atoms with Crippen molar-refractivity contribution in [3.63, 3.8) is 0 Å². The Morgan fingerprint density at radius 1 is 1.14 bits per heavy atom. The average Bonchev–Trinajstić information content (AvgIpc) is 2.43. The predicted molar refractivity (Wildman–Crippen MR) is 84.0 cm³/mol. The summed E-state index contributed by atoms with van der Waals surface area (Å²) in [5.74, 6) is 0.567. The third kappa shape index (κ3) is 4.88. The topological polar surface area (TPSA) is 58.2 Å². The minimum Gasteiger partial charge on any atom is -0.353 e. The van der Waals surface area contributed by atoms with E-state index in [0.29, 0.717) is 18.4 Å². The molecule has 1 aromatic rings. The van der Waals surface area contributed by atoms with E-state index >= 15 is 0 Å². The van der Waals surface area contributed by atoms with Crippen molar-refractivity contribution in [2.75, 3.05) is 5.32 Å². The number of carbonyl (C=O) groups is 2. The number of amides is 2. The number of benzene rings is 1. The number of carbonyl (C=O) groups excluding carboxylic acids is 2. The molecule has 0 spiro atoms. The molecule has 1 aliphatic carbocycles. The molecule has 2 atom stereocenters. The molecule has 2 rings (SSSR count). The van der Waals surface area contributed by atoms with Gasteiger partial charge in [0.1, 0.15) is 0 Å². The van der Waals surface area contributed by atoms with E-state index in [2.05, 4.69) is 17.6 Å². The van der Waals surface area contributed by atoms with Crippen LogP contribution in [0, 0.1) is 5.92 Å². The van der Waals surface area contributed by atoms with Crippen LogP contribution in [-0.2, 0) is 16.0 Å². The van der Waals surface area contributed by atoms with E-state index in [0.717, 1.165) is 17.7 Å². The number of hydrogen-bond donors (Lipinski definition) is 2. The van der Waals surface area contributed by atoms with Crippen LogP contribution in [0.5, 0.6) is 0 Å². The second-order valence-corrected chi connectivity index (χ2v) is 5.99. The largest absolute Gasteiger partial charge is 0.353 e. The lowest BCUT2D eigenvalue weighted by molar-refractivity contribution is -0.121. The molecule has 0 heterocycles. The highest BCUT2D eigenvalue weighted by Gasteiger charge is 2.22. The summed E-state index contributed by atoms with van der Waals surface area (Å²) >= 11 is 0. The van der Waals surface area contributed by atoms with Crippen molar-refractivity contribution in [3.8, 4) is 0 Å². The Bertz CT molecular complexity index is 496. The van der Waals surface area contributed by atoms with Gasteiger partial charge in [-0.25, -0.2) is 0 Å². The summed E-state index contributed by atoms with van der Waals surface area (Å²) in [5.41, 5.74) is 1.72. The van der Waals surface area contributed by atoms with Crippen molar-refractivity contribution in [3.05, 3.63) is 29.8 Å². The first-order valence-electron chi connectivity index (χ1n) is 7.70. The van der Waals surface area contributed by atoms with E-state index in [-0.39, 0.29) is 11.8 Å². The van der Waals surface area contributed by atoms with Crippen LogP contribution in [0.1, 0.15) is 45.1 Å². The lowest BCUT2D eigenvalue weighted by Gasteiger charge is -2.29. The van der Waals surface area contributed by atoms with Crippen LogP contribution in [0.3, 0.4) is 0 Å². The highest BCUT2D eigenvalue weighted by molar-refractivity contribution is 5.88. The molecular formula is C17H24N2O2. The summed E-state index contributed by atoms with van der Waals surface area (Å²) in [6, 6.07) is 7.75. The molecule has 1 aliphatic rings. The first kappa shape index (κ1) is 15.5. The Labute approximate surface area is 126 Å². The van der Waals surface area contributed by atoms with Crippen LogP contribution < -0.4 is 10.6 Å². The van der Waals surface area contributed by atoms with Crippen molar-refractivity contribution >= 4 is 17.5 Å². The summed E-state index contributed by atoms with van der Waals surface area (Å²) in [6.07, 6.45) is 5.17. The molecule has 1 saturated carbocycles. The van der Waals surface area contributed by atoms with E-state index in [1.165, 1.54) is 26.2 Å². The van der Waals surface area contributed by atoms with Gasteiger partial charge in [0.05, 0.1) is 6.42 Å². The molecule has 0 aliphatic heterocycles. The number of rotatable bonds is 4. The predicted octanol–water partition coefficient (Wildman–Crippen LogP) is 2.88. The van der Waals surface area contributed by atoms with Gasteiger partial charge in [0.2, 0.25) is 11.8 Å². The molecule has 4 nitrogen and oxygen atoms in total. The molecular weight excluding hydrogens is 264 g/mol. The van der Waals surface area contributed by atoms with Crippen molar-refractivity contribution in [2.24, 2.45) is 5.92 Å². The average molecular weight is 288 g/mol. The highest BCUT2D eigenvalue weighted by atomic mass is 16.2. The maximum atomic E-state index is 12.1. The zero-order valence-electron chi connectivity index (χ0n) is 12.8. The summed E-state index contributed by atoms with van der Waals surface area (Å²) in [4.78, 5) is 23.1. The quantitative estimate of drug-likeness (QED) is 0.895. The Morgan fingerprint density at radius 3 is 2.43 bits per heavy atom. The summed E-state index contributed by atoms with van der Waals surface area (Å²) in [6.45, 7) is 3.69. The Morgan fingerprint density at radius 2 is 1.81 bits per heavy atom. The fourth-order valence-electron chi connectivity index (χ4n) is 2.88. The van der Waals surface area contributed by atoms with Gasteiger partial charge in [-0.15, -0.1) is 0 Å². The molecule has 1 aromatic carbocycles. The SMILES string of the molecule is CC(=O)Nc1ccc(CC(=O)N[C@H]2CCCC[C@@H]2C)cc1. The molecule has 114 valence electrons. The molecule has 1 fully saturated rings. The Kier molecular flexibility index (Phi) is 5.37. The lowest BCUT2D eigenvalue weighted by atomic mass is 9.86. The monoisotopic (exact) mass is 288 g/mol. The Balaban J connectivity index is 1.85. The highest BCUT2D eigenvalue weighted by Crippen LogP contribution is 2.23. The number of nitrogens with one attached hydrogen (secondary N) is 2. The molecule has 2 amide bonds. The van der Waals surface area contributed by atoms with Gasteiger partial charge in [-0.2, -0.15) is 0 Å². The third-order valence-electron chi connectivity index (χ3n) is 4.10. The molecule has 4 heteroatoms. The van der Waals surface area contributed by atoms with Crippen molar-refractivity contribution in [2.45, 2.75) is 52.0 Å². The molecule has 2 N–H and O–H groups in total. The van der Waals surface area contributed by atoms with Crippen LogP contribution in [0.2, 0.25) is 0 Å². The van der Waals surface area contributed by atoms with Gasteiger partial charge in [-0.1, -0.05) is 31.9 Å². The van der Waals surface area contributed by atoms with Crippen LogP contribution in [-0.4, -0.2) is 17.9 Å². The summed E-state index contributed by atoms with van der Waals surface area (Å²) in [7, 11) is 0. The second-order valence-electron chi connectivity index (χ2n) is 5.99. The van der Waals surface area contributed by atoms with Gasteiger partial charge in [0.15, 0.2) is 0 Å². The fourth-order valence-corrected chi connectivity index (χ4v) is 2.88. The minimum atomic E-state index is -0.0909. The van der Waals surface area contributed by atoms with E-state index in [1.807, 2.05) is 24.3 Å². The number of anilines is 1. The first-order valence-corrected chi connectivity index (χ1v) is 7.70. The summed E-state index contributed by atoms with van der Waals surface area (Å²) in [5, 5.41) is 5.87. The minimum absolute atomic E-state index is 0.0843. The van der Waals surface area contributed by atoms with Gasteiger partial charge in [0, 0.05) is 18.7 Å². The molecule has 0 aromatic heterocycles. The zero-order valence-corrected chi connectivity index (χ0v) is 12.8. The molecule has 0 bridgehead atoms. The van der Waals surface area contributed by atoms with Crippen LogP contribution in [0.25, 0.3) is 0 Å². The van der Waals surface area contributed by atoms with E-state index < -0.39 is 0 Å². The van der Waals surface area contributed by atoms with Crippen molar-refractivity contribution < 1.29 is 9.59 Å². The van der Waals surface area contributed by atoms with E-state index in [9.17, 15) is 9.59 Å². The normalized spacial score (nSPS) is 21.6. The number of hydrogen-bond acceptors (Lipinski definition) is 2. The molecule has 21 heavy (non-hydrogen) atoms. The van der Waals surface area contributed by atoms with Gasteiger partial charge < -0.3 is 10.6 Å². The second kappa shape index (κ2) is 7.25. The van der Waals surface area contributed by atoms with Gasteiger partial charge in [-0.3, -0.25) is 9.59 Å². The van der Waals surface area contributed by atoms with Crippen LogP contribution in [0.4, 0.5) is 5.69 Å². The molecule has 0 unspecified atom stereocenters. The van der Waals surface area contributed by atoms with Crippen LogP contribution >= 0.6 is 0 Å². The van der Waals surface area contributed by atoms with Gasteiger partial charge in [0.25, 0.3) is 0 Å². The molecule has 0 radical (unpaired) electrons. The van der Waals surface area contributed by atoms with Crippen molar-refractivity contribution in [1.29, 1.82) is 0 Å².